The van der Waals surface area contributed by atoms with E-state index in [9.17, 15) is 4.79 Å². The second kappa shape index (κ2) is 18.3. The zero-order chi connectivity index (χ0) is 21.9. The van der Waals surface area contributed by atoms with Gasteiger partial charge in [0.25, 0.3) is 0 Å². The molecule has 8 N–H and O–H groups in total. The number of piperidine rings is 1. The monoisotopic (exact) mass is 489 g/mol. The summed E-state index contributed by atoms with van der Waals surface area (Å²) >= 11 is 0. The van der Waals surface area contributed by atoms with Gasteiger partial charge in [-0.1, -0.05) is 66.2 Å². The lowest BCUT2D eigenvalue weighted by atomic mass is 9.88. The van der Waals surface area contributed by atoms with E-state index in [4.69, 9.17) is 9.47 Å². The fourth-order valence-corrected chi connectivity index (χ4v) is 4.18. The van der Waals surface area contributed by atoms with Crippen molar-refractivity contribution < 1.29 is 36.2 Å². The number of carbonyl (C=O) groups excluding carboxylic acids is 1. The lowest BCUT2D eigenvalue weighted by Crippen LogP contribution is -2.33. The fraction of sp³-hybridized carbons (Fsp3) is 0.370. The molecule has 1 atom stereocenters. The molecule has 0 amide bonds. The van der Waals surface area contributed by atoms with Gasteiger partial charge in [0.15, 0.2) is 0 Å². The van der Waals surface area contributed by atoms with Gasteiger partial charge in [0.05, 0.1) is 19.6 Å². The highest BCUT2D eigenvalue weighted by molar-refractivity contribution is 5.82. The third kappa shape index (κ3) is 10.0. The first kappa shape index (κ1) is 34.1. The number of nitrogens with zero attached hydrogens (tertiary/aromatic N) is 1. The molecule has 0 saturated carbocycles. The molecule has 2 saturated heterocycles. The van der Waals surface area contributed by atoms with Gasteiger partial charge in [-0.2, -0.15) is 0 Å². The molecule has 1 unspecified atom stereocenters. The van der Waals surface area contributed by atoms with Gasteiger partial charge in [0.1, 0.15) is 6.10 Å². The van der Waals surface area contributed by atoms with Crippen LogP contribution in [0.4, 0.5) is 0 Å². The molecule has 4 rings (SSSR count). The van der Waals surface area contributed by atoms with Gasteiger partial charge in [-0.05, 0) is 29.5 Å². The minimum Gasteiger partial charge on any atom is -0.460 e. The molecule has 8 heteroatoms. The summed E-state index contributed by atoms with van der Waals surface area (Å²) in [6.45, 7) is 3.98. The molecule has 0 aliphatic carbocycles. The highest BCUT2D eigenvalue weighted by Crippen LogP contribution is 2.32. The van der Waals surface area contributed by atoms with Gasteiger partial charge >= 0.3 is 5.97 Å². The highest BCUT2D eigenvalue weighted by atomic mass is 16.6. The normalized spacial score (nSPS) is 16.5. The van der Waals surface area contributed by atoms with Crippen molar-refractivity contribution in [1.82, 2.24) is 4.90 Å². The van der Waals surface area contributed by atoms with Gasteiger partial charge in [-0.25, -0.2) is 0 Å². The Kier molecular flexibility index (Phi) is 17.9. The Labute approximate surface area is 207 Å². The first-order valence-corrected chi connectivity index (χ1v) is 11.0. The van der Waals surface area contributed by atoms with Crippen molar-refractivity contribution in [2.75, 3.05) is 32.8 Å². The predicted octanol–water partition coefficient (Wildman–Crippen LogP) is 1.26. The van der Waals surface area contributed by atoms with Crippen molar-refractivity contribution in [1.29, 1.82) is 0 Å². The topological polar surface area (TPSA) is 165 Å². The summed E-state index contributed by atoms with van der Waals surface area (Å²) in [5.41, 5.74) is 5.44. The summed E-state index contributed by atoms with van der Waals surface area (Å²) in [4.78, 5) is 14.4. The summed E-state index contributed by atoms with van der Waals surface area (Å²) in [6.07, 6.45) is 11.3. The minimum absolute atomic E-state index is 0. The standard InChI is InChI=1S/C25H29NO3.C2H2.4H2O/c27-24(29-23-14-18-28-19-23)13-17-26-15-11-22(12-16-26)25(20-7-3-1-4-8-20)21-9-5-2-6-10-21;1-2;;;;/h1-10,23H,11-19H2;1-2H;4*1H2. The van der Waals surface area contributed by atoms with Crippen LogP contribution < -0.4 is 0 Å². The second-order valence-electron chi connectivity index (χ2n) is 7.78. The number of hydrogen-bond acceptors (Lipinski definition) is 4. The number of ether oxygens (including phenoxy) is 2. The van der Waals surface area contributed by atoms with E-state index >= 15 is 0 Å². The van der Waals surface area contributed by atoms with Crippen LogP contribution in [0.3, 0.4) is 0 Å². The molecule has 2 aromatic rings. The van der Waals surface area contributed by atoms with Crippen LogP contribution in [0.1, 0.15) is 36.8 Å². The molecule has 0 bridgehead atoms. The number of rotatable bonds is 6. The maximum Gasteiger partial charge on any atom is 0.307 e. The molecule has 2 aliphatic heterocycles. The molecule has 0 spiro atoms. The zero-order valence-corrected chi connectivity index (χ0v) is 20.0. The molecule has 2 fully saturated rings. The number of likely N-dealkylation sites (tertiary alicyclic amines) is 1. The van der Waals surface area contributed by atoms with Gasteiger partial charge in [-0.3, -0.25) is 4.79 Å². The zero-order valence-electron chi connectivity index (χ0n) is 20.0. The van der Waals surface area contributed by atoms with E-state index in [0.717, 1.165) is 38.9 Å². The third-order valence-corrected chi connectivity index (χ3v) is 5.76. The number of esters is 1. The van der Waals surface area contributed by atoms with Gasteiger partial charge in [-0.15, -0.1) is 12.8 Å². The number of hydrogen-bond donors (Lipinski definition) is 0. The summed E-state index contributed by atoms with van der Waals surface area (Å²) in [7, 11) is 0. The smallest absolute Gasteiger partial charge is 0.307 e. The van der Waals surface area contributed by atoms with E-state index in [0.29, 0.717) is 19.6 Å². The molecule has 0 aromatic heterocycles. The molecule has 35 heavy (non-hydrogen) atoms. The van der Waals surface area contributed by atoms with Gasteiger partial charge in [0, 0.05) is 26.1 Å². The molecule has 8 nitrogen and oxygen atoms in total. The quantitative estimate of drug-likeness (QED) is 0.440. The molecule has 2 aliphatic rings. The first-order valence-electron chi connectivity index (χ1n) is 11.0. The number of terminal acetylenes is 1. The molecule has 2 heterocycles. The Morgan fingerprint density at radius 3 is 1.86 bits per heavy atom. The summed E-state index contributed by atoms with van der Waals surface area (Å²) < 4.78 is 10.7. The van der Waals surface area contributed by atoms with Crippen LogP contribution in [0.25, 0.3) is 5.57 Å². The number of carbonyl (C=O) groups is 1. The fourth-order valence-electron chi connectivity index (χ4n) is 4.18. The molecule has 2 aromatic carbocycles. The van der Waals surface area contributed by atoms with E-state index in [2.05, 4.69) is 78.4 Å². The maximum absolute atomic E-state index is 12.1. The van der Waals surface area contributed by atoms with Crippen molar-refractivity contribution in [3.8, 4) is 12.8 Å². The van der Waals surface area contributed by atoms with Gasteiger partial charge in [0.2, 0.25) is 0 Å². The molecule has 0 radical (unpaired) electrons. The van der Waals surface area contributed by atoms with Gasteiger partial charge < -0.3 is 36.3 Å². The van der Waals surface area contributed by atoms with Crippen LogP contribution in [0, 0.1) is 12.8 Å². The van der Waals surface area contributed by atoms with Crippen molar-refractivity contribution in [3.05, 3.63) is 77.4 Å². The van der Waals surface area contributed by atoms with Crippen LogP contribution in [0.5, 0.6) is 0 Å². The van der Waals surface area contributed by atoms with Crippen molar-refractivity contribution in [2.45, 2.75) is 31.8 Å². The average molecular weight is 490 g/mol. The van der Waals surface area contributed by atoms with Crippen LogP contribution in [-0.4, -0.2) is 71.7 Å². The third-order valence-electron chi connectivity index (χ3n) is 5.76. The van der Waals surface area contributed by atoms with Crippen molar-refractivity contribution in [3.63, 3.8) is 0 Å². The van der Waals surface area contributed by atoms with E-state index in [1.165, 1.54) is 22.3 Å². The Balaban J connectivity index is 0. The SMILES string of the molecule is C#C.O.O.O.O.O=C(CCN1CCC(=C(c2ccccc2)c2ccccc2)CC1)OC1CCOC1. The second-order valence-corrected chi connectivity index (χ2v) is 7.78. The molecule has 194 valence electrons. The Morgan fingerprint density at radius 1 is 0.886 bits per heavy atom. The summed E-state index contributed by atoms with van der Waals surface area (Å²) in [6, 6.07) is 21.4. The van der Waals surface area contributed by atoms with Crippen molar-refractivity contribution >= 4 is 11.5 Å². The van der Waals surface area contributed by atoms with E-state index < -0.39 is 0 Å². The average Bonchev–Trinajstić information content (AvgIpc) is 3.34. The van der Waals surface area contributed by atoms with E-state index in [1.54, 1.807) is 0 Å². The summed E-state index contributed by atoms with van der Waals surface area (Å²) in [5.74, 6) is -0.101. The van der Waals surface area contributed by atoms with Crippen LogP contribution in [0.15, 0.2) is 66.2 Å². The van der Waals surface area contributed by atoms with Crippen LogP contribution in [0.2, 0.25) is 0 Å². The molecular formula is C27H39NO7. The Morgan fingerprint density at radius 2 is 1.40 bits per heavy atom. The van der Waals surface area contributed by atoms with Crippen molar-refractivity contribution in [2.24, 2.45) is 0 Å². The van der Waals surface area contributed by atoms with E-state index in [1.807, 2.05) is 0 Å². The maximum atomic E-state index is 12.1. The largest absolute Gasteiger partial charge is 0.460 e. The predicted molar refractivity (Wildman–Crippen MR) is 139 cm³/mol. The van der Waals surface area contributed by atoms with E-state index in [-0.39, 0.29) is 34.0 Å². The first-order chi connectivity index (χ1) is 15.3. The minimum atomic E-state index is -0.101. The lowest BCUT2D eigenvalue weighted by molar-refractivity contribution is -0.149. The Hall–Kier alpha value is -3.03. The van der Waals surface area contributed by atoms with Crippen LogP contribution >= 0.6 is 0 Å². The Bertz CT molecular complexity index is 827. The lowest BCUT2D eigenvalue weighted by Gasteiger charge is -2.30. The van der Waals surface area contributed by atoms with Crippen LogP contribution in [-0.2, 0) is 14.3 Å². The summed E-state index contributed by atoms with van der Waals surface area (Å²) in [5, 5.41) is 0. The molecular weight excluding hydrogens is 450 g/mol. The number of benzene rings is 2. The highest BCUT2D eigenvalue weighted by Gasteiger charge is 2.22.